The maximum absolute atomic E-state index is 12.6. The zero-order chi connectivity index (χ0) is 17.8. The van der Waals surface area contributed by atoms with Crippen molar-refractivity contribution in [2.24, 2.45) is 5.92 Å². The maximum atomic E-state index is 12.6. The van der Waals surface area contributed by atoms with Crippen LogP contribution < -0.4 is 10.6 Å². The molecule has 3 heterocycles. The number of aromatic nitrogens is 1. The molecule has 0 saturated carbocycles. The second-order valence-corrected chi connectivity index (χ2v) is 8.15. The van der Waals surface area contributed by atoms with Crippen LogP contribution in [0.15, 0.2) is 16.7 Å². The highest BCUT2D eigenvalue weighted by atomic mass is 79.9. The SMILES string of the molecule is CN1CCCN(C(=O)CC2CCN(c3ncc(Br)cc3N)CC2)CC1. The fraction of sp³-hybridized carbons (Fsp3) is 0.667. The number of anilines is 2. The molecule has 0 bridgehead atoms. The number of piperidine rings is 1. The number of halogens is 1. The van der Waals surface area contributed by atoms with E-state index < -0.39 is 0 Å². The van der Waals surface area contributed by atoms with E-state index in [4.69, 9.17) is 5.73 Å². The third-order valence-corrected chi connectivity index (χ3v) is 5.74. The van der Waals surface area contributed by atoms with E-state index >= 15 is 0 Å². The van der Waals surface area contributed by atoms with Gasteiger partial charge in [-0.05, 0) is 60.8 Å². The Kier molecular flexibility index (Phi) is 6.17. The quantitative estimate of drug-likeness (QED) is 0.828. The van der Waals surface area contributed by atoms with Crippen LogP contribution in [-0.2, 0) is 4.79 Å². The smallest absolute Gasteiger partial charge is 0.222 e. The average Bonchev–Trinajstić information content (AvgIpc) is 2.80. The molecule has 0 radical (unpaired) electrons. The fourth-order valence-corrected chi connectivity index (χ4v) is 4.08. The first-order chi connectivity index (χ1) is 12.0. The Balaban J connectivity index is 1.49. The number of rotatable bonds is 3. The van der Waals surface area contributed by atoms with Gasteiger partial charge in [-0.25, -0.2) is 4.98 Å². The number of hydrogen-bond donors (Lipinski definition) is 1. The molecule has 3 rings (SSSR count). The number of likely N-dealkylation sites (N-methyl/N-ethyl adjacent to an activating group) is 1. The molecule has 2 saturated heterocycles. The van der Waals surface area contributed by atoms with Gasteiger partial charge in [-0.15, -0.1) is 0 Å². The summed E-state index contributed by atoms with van der Waals surface area (Å²) in [6, 6.07) is 1.90. The van der Waals surface area contributed by atoms with Crippen molar-refractivity contribution in [2.75, 3.05) is 56.9 Å². The van der Waals surface area contributed by atoms with Gasteiger partial charge in [0.2, 0.25) is 5.91 Å². The highest BCUT2D eigenvalue weighted by molar-refractivity contribution is 9.10. The van der Waals surface area contributed by atoms with E-state index in [0.717, 1.165) is 68.8 Å². The first kappa shape index (κ1) is 18.5. The third-order valence-electron chi connectivity index (χ3n) is 5.31. The number of carbonyl (C=O) groups excluding carboxylic acids is 1. The lowest BCUT2D eigenvalue weighted by Crippen LogP contribution is -2.39. The lowest BCUT2D eigenvalue weighted by Gasteiger charge is -2.34. The molecule has 138 valence electrons. The molecule has 6 nitrogen and oxygen atoms in total. The summed E-state index contributed by atoms with van der Waals surface area (Å²) in [5.74, 6) is 1.67. The van der Waals surface area contributed by atoms with Gasteiger partial charge >= 0.3 is 0 Å². The Labute approximate surface area is 158 Å². The van der Waals surface area contributed by atoms with Crippen molar-refractivity contribution in [3.63, 3.8) is 0 Å². The first-order valence-electron chi connectivity index (χ1n) is 9.15. The molecule has 0 atom stereocenters. The van der Waals surface area contributed by atoms with Gasteiger partial charge in [0.05, 0.1) is 5.69 Å². The number of nitrogens with zero attached hydrogens (tertiary/aromatic N) is 4. The molecule has 0 unspecified atom stereocenters. The molecule has 0 spiro atoms. The topological polar surface area (TPSA) is 65.7 Å². The van der Waals surface area contributed by atoms with Gasteiger partial charge < -0.3 is 20.4 Å². The Morgan fingerprint density at radius 3 is 2.72 bits per heavy atom. The zero-order valence-electron chi connectivity index (χ0n) is 15.0. The number of nitrogens with two attached hydrogens (primary N) is 1. The molecule has 2 aliphatic rings. The fourth-order valence-electron chi connectivity index (χ4n) is 3.73. The van der Waals surface area contributed by atoms with Crippen LogP contribution in [0.1, 0.15) is 25.7 Å². The highest BCUT2D eigenvalue weighted by Crippen LogP contribution is 2.29. The van der Waals surface area contributed by atoms with Gasteiger partial charge in [0.1, 0.15) is 0 Å². The predicted molar refractivity (Wildman–Crippen MR) is 105 cm³/mol. The second kappa shape index (κ2) is 8.36. The van der Waals surface area contributed by atoms with Crippen LogP contribution >= 0.6 is 15.9 Å². The van der Waals surface area contributed by atoms with Crippen molar-refractivity contribution in [1.82, 2.24) is 14.8 Å². The Morgan fingerprint density at radius 2 is 2.00 bits per heavy atom. The minimum absolute atomic E-state index is 0.329. The lowest BCUT2D eigenvalue weighted by atomic mass is 9.93. The molecule has 2 aliphatic heterocycles. The van der Waals surface area contributed by atoms with E-state index in [9.17, 15) is 4.79 Å². The van der Waals surface area contributed by atoms with Crippen molar-refractivity contribution >= 4 is 33.3 Å². The van der Waals surface area contributed by atoms with E-state index in [1.54, 1.807) is 6.20 Å². The van der Waals surface area contributed by atoms with Crippen LogP contribution in [0.25, 0.3) is 0 Å². The number of pyridine rings is 1. The molecule has 2 fully saturated rings. The van der Waals surface area contributed by atoms with Crippen LogP contribution in [0.3, 0.4) is 0 Å². The van der Waals surface area contributed by atoms with Gasteiger partial charge in [-0.3, -0.25) is 4.79 Å². The van der Waals surface area contributed by atoms with Crippen molar-refractivity contribution in [2.45, 2.75) is 25.7 Å². The van der Waals surface area contributed by atoms with Gasteiger partial charge in [-0.2, -0.15) is 0 Å². The zero-order valence-corrected chi connectivity index (χ0v) is 16.5. The molecule has 2 N–H and O–H groups in total. The van der Waals surface area contributed by atoms with Crippen LogP contribution in [0.2, 0.25) is 0 Å². The summed E-state index contributed by atoms with van der Waals surface area (Å²) >= 11 is 3.40. The van der Waals surface area contributed by atoms with Crippen LogP contribution in [0.5, 0.6) is 0 Å². The predicted octanol–water partition coefficient (Wildman–Crippen LogP) is 2.20. The highest BCUT2D eigenvalue weighted by Gasteiger charge is 2.26. The largest absolute Gasteiger partial charge is 0.396 e. The molecule has 1 aromatic heterocycles. The number of hydrogen-bond acceptors (Lipinski definition) is 5. The van der Waals surface area contributed by atoms with E-state index in [1.165, 1.54) is 0 Å². The van der Waals surface area contributed by atoms with Gasteiger partial charge in [-0.1, -0.05) is 0 Å². The average molecular weight is 410 g/mol. The van der Waals surface area contributed by atoms with Crippen molar-refractivity contribution in [3.05, 3.63) is 16.7 Å². The van der Waals surface area contributed by atoms with E-state index in [0.29, 0.717) is 23.9 Å². The van der Waals surface area contributed by atoms with Crippen LogP contribution in [-0.4, -0.2) is 67.0 Å². The molecule has 1 amide bonds. The van der Waals surface area contributed by atoms with Gasteiger partial charge in [0.25, 0.3) is 0 Å². The lowest BCUT2D eigenvalue weighted by molar-refractivity contribution is -0.132. The minimum Gasteiger partial charge on any atom is -0.396 e. The van der Waals surface area contributed by atoms with Crippen molar-refractivity contribution in [1.29, 1.82) is 0 Å². The molecule has 25 heavy (non-hydrogen) atoms. The molecule has 1 aromatic rings. The molecule has 0 aliphatic carbocycles. The van der Waals surface area contributed by atoms with Crippen LogP contribution in [0, 0.1) is 5.92 Å². The maximum Gasteiger partial charge on any atom is 0.222 e. The van der Waals surface area contributed by atoms with Crippen LogP contribution in [0.4, 0.5) is 11.5 Å². The van der Waals surface area contributed by atoms with Gasteiger partial charge in [0, 0.05) is 49.8 Å². The van der Waals surface area contributed by atoms with Gasteiger partial charge in [0.15, 0.2) is 5.82 Å². The summed E-state index contributed by atoms with van der Waals surface area (Å²) in [5, 5.41) is 0. The molecule has 7 heteroatoms. The molecular formula is C18H28BrN5O. The molecular weight excluding hydrogens is 382 g/mol. The Morgan fingerprint density at radius 1 is 1.24 bits per heavy atom. The summed E-state index contributed by atoms with van der Waals surface area (Å²) < 4.78 is 0.900. The second-order valence-electron chi connectivity index (χ2n) is 7.24. The summed E-state index contributed by atoms with van der Waals surface area (Å²) in [6.45, 7) is 5.68. The molecule has 0 aromatic carbocycles. The summed E-state index contributed by atoms with van der Waals surface area (Å²) in [5.41, 5.74) is 6.80. The minimum atomic E-state index is 0.329. The summed E-state index contributed by atoms with van der Waals surface area (Å²) in [6.07, 6.45) is 5.60. The first-order valence-corrected chi connectivity index (χ1v) is 9.94. The monoisotopic (exact) mass is 409 g/mol. The van der Waals surface area contributed by atoms with Crippen molar-refractivity contribution in [3.8, 4) is 0 Å². The standard InChI is InChI=1S/C18H28BrN5O/c1-22-5-2-6-23(10-9-22)17(25)11-14-3-7-24(8-4-14)18-16(20)12-15(19)13-21-18/h12-14H,2-11,20H2,1H3. The third kappa shape index (κ3) is 4.85. The Bertz CT molecular complexity index is 603. The normalized spacial score (nSPS) is 20.6. The number of carbonyl (C=O) groups is 1. The van der Waals surface area contributed by atoms with E-state index in [-0.39, 0.29) is 0 Å². The number of nitrogen functional groups attached to an aromatic ring is 1. The Hall–Kier alpha value is -1.34. The summed E-state index contributed by atoms with van der Waals surface area (Å²) in [7, 11) is 2.13. The van der Waals surface area contributed by atoms with E-state index in [1.807, 2.05) is 6.07 Å². The summed E-state index contributed by atoms with van der Waals surface area (Å²) in [4.78, 5) is 23.7. The number of amides is 1. The van der Waals surface area contributed by atoms with E-state index in [2.05, 4.69) is 42.7 Å². The van der Waals surface area contributed by atoms with Crippen molar-refractivity contribution < 1.29 is 4.79 Å².